The molecule has 108 valence electrons. The quantitative estimate of drug-likeness (QED) is 0.683. The molecule has 2 heterocycles. The van der Waals surface area contributed by atoms with Gasteiger partial charge in [0.15, 0.2) is 0 Å². The second-order valence-corrected chi connectivity index (χ2v) is 5.11. The summed E-state index contributed by atoms with van der Waals surface area (Å²) >= 11 is 5.90. The number of furan rings is 1. The Balaban J connectivity index is 1.78. The monoisotopic (exact) mass is 305 g/mol. The second-order valence-electron chi connectivity index (χ2n) is 4.67. The van der Waals surface area contributed by atoms with Gasteiger partial charge < -0.3 is 13.7 Å². The smallest absolute Gasteiger partial charge is 0.374 e. The predicted octanol–water partition coefficient (Wildman–Crippen LogP) is 4.05. The van der Waals surface area contributed by atoms with E-state index in [0.29, 0.717) is 22.1 Å². The standard InChI is InChI=1S/C15H12ClNO4/c1-8-12(9(2)21-17-8)7-19-15(18)14-6-10-5-11(16)3-4-13(10)20-14/h3-6H,7H2,1-2H3. The number of aromatic nitrogens is 1. The zero-order chi connectivity index (χ0) is 15.0. The zero-order valence-electron chi connectivity index (χ0n) is 11.5. The number of fused-ring (bicyclic) bond motifs is 1. The second kappa shape index (κ2) is 5.26. The minimum atomic E-state index is -0.540. The highest BCUT2D eigenvalue weighted by Gasteiger charge is 2.16. The maximum atomic E-state index is 12.0. The van der Waals surface area contributed by atoms with Crippen molar-refractivity contribution < 1.29 is 18.5 Å². The molecule has 5 nitrogen and oxygen atoms in total. The number of esters is 1. The Bertz CT molecular complexity index is 799. The summed E-state index contributed by atoms with van der Waals surface area (Å²) in [4.78, 5) is 12.0. The van der Waals surface area contributed by atoms with Crippen molar-refractivity contribution in [1.82, 2.24) is 5.16 Å². The van der Waals surface area contributed by atoms with Crippen LogP contribution in [0.5, 0.6) is 0 Å². The number of hydrogen-bond donors (Lipinski definition) is 0. The summed E-state index contributed by atoms with van der Waals surface area (Å²) in [5.41, 5.74) is 2.06. The fraction of sp³-hybridized carbons (Fsp3) is 0.200. The first-order valence-corrected chi connectivity index (χ1v) is 6.70. The molecule has 0 spiro atoms. The van der Waals surface area contributed by atoms with Crippen LogP contribution in [0.4, 0.5) is 0 Å². The maximum absolute atomic E-state index is 12.0. The molecule has 0 aliphatic carbocycles. The number of carbonyl (C=O) groups excluding carboxylic acids is 1. The lowest BCUT2D eigenvalue weighted by Gasteiger charge is -2.01. The summed E-state index contributed by atoms with van der Waals surface area (Å²) in [7, 11) is 0. The third-order valence-corrected chi connectivity index (χ3v) is 3.44. The van der Waals surface area contributed by atoms with Gasteiger partial charge in [-0.25, -0.2) is 4.79 Å². The molecule has 0 unspecified atom stereocenters. The van der Waals surface area contributed by atoms with E-state index in [1.54, 1.807) is 38.1 Å². The fourth-order valence-electron chi connectivity index (χ4n) is 2.03. The molecule has 21 heavy (non-hydrogen) atoms. The van der Waals surface area contributed by atoms with E-state index in [4.69, 9.17) is 25.3 Å². The molecule has 0 saturated heterocycles. The van der Waals surface area contributed by atoms with Crippen LogP contribution >= 0.6 is 11.6 Å². The topological polar surface area (TPSA) is 65.5 Å². The van der Waals surface area contributed by atoms with Gasteiger partial charge in [-0.2, -0.15) is 0 Å². The Morgan fingerprint density at radius 3 is 2.86 bits per heavy atom. The molecule has 0 aliphatic heterocycles. The average Bonchev–Trinajstić information content (AvgIpc) is 3.00. The van der Waals surface area contributed by atoms with Gasteiger partial charge in [-0.15, -0.1) is 0 Å². The summed E-state index contributed by atoms with van der Waals surface area (Å²) in [6, 6.07) is 6.75. The molecule has 0 bridgehead atoms. The Morgan fingerprint density at radius 1 is 1.33 bits per heavy atom. The van der Waals surface area contributed by atoms with Crippen molar-refractivity contribution in [2.75, 3.05) is 0 Å². The normalized spacial score (nSPS) is 11.0. The van der Waals surface area contributed by atoms with Crippen molar-refractivity contribution in [3.05, 3.63) is 52.1 Å². The van der Waals surface area contributed by atoms with Gasteiger partial charge >= 0.3 is 5.97 Å². The van der Waals surface area contributed by atoms with Crippen LogP contribution in [-0.2, 0) is 11.3 Å². The Morgan fingerprint density at radius 2 is 2.14 bits per heavy atom. The lowest BCUT2D eigenvalue weighted by atomic mass is 10.2. The van der Waals surface area contributed by atoms with Crippen molar-refractivity contribution >= 4 is 28.5 Å². The van der Waals surface area contributed by atoms with Gasteiger partial charge in [0.1, 0.15) is 18.0 Å². The summed E-state index contributed by atoms with van der Waals surface area (Å²) in [5, 5.41) is 5.15. The maximum Gasteiger partial charge on any atom is 0.374 e. The Hall–Kier alpha value is -2.27. The van der Waals surface area contributed by atoms with Gasteiger partial charge in [0, 0.05) is 10.4 Å². The first-order valence-electron chi connectivity index (χ1n) is 6.32. The minimum absolute atomic E-state index is 0.0950. The largest absolute Gasteiger partial charge is 0.455 e. The number of hydrogen-bond acceptors (Lipinski definition) is 5. The fourth-order valence-corrected chi connectivity index (χ4v) is 2.21. The number of carbonyl (C=O) groups is 1. The molecule has 2 aromatic heterocycles. The minimum Gasteiger partial charge on any atom is -0.455 e. The molecule has 6 heteroatoms. The molecule has 0 atom stereocenters. The first kappa shape index (κ1) is 13.7. The summed E-state index contributed by atoms with van der Waals surface area (Å²) in [6.45, 7) is 3.66. The molecule has 0 N–H and O–H groups in total. The van der Waals surface area contributed by atoms with Crippen LogP contribution in [-0.4, -0.2) is 11.1 Å². The molecule has 0 fully saturated rings. The van der Waals surface area contributed by atoms with Gasteiger partial charge in [-0.1, -0.05) is 16.8 Å². The van der Waals surface area contributed by atoms with E-state index in [1.165, 1.54) is 0 Å². The van der Waals surface area contributed by atoms with Gasteiger partial charge in [0.25, 0.3) is 0 Å². The number of benzene rings is 1. The molecule has 0 radical (unpaired) electrons. The average molecular weight is 306 g/mol. The van der Waals surface area contributed by atoms with Crippen LogP contribution in [0.25, 0.3) is 11.0 Å². The highest BCUT2D eigenvalue weighted by atomic mass is 35.5. The van der Waals surface area contributed by atoms with E-state index < -0.39 is 5.97 Å². The van der Waals surface area contributed by atoms with Crippen LogP contribution < -0.4 is 0 Å². The summed E-state index contributed by atoms with van der Waals surface area (Å²) in [5.74, 6) is 0.234. The van der Waals surface area contributed by atoms with Crippen LogP contribution in [0, 0.1) is 13.8 Å². The highest BCUT2D eigenvalue weighted by Crippen LogP contribution is 2.24. The van der Waals surface area contributed by atoms with Gasteiger partial charge in [-0.05, 0) is 38.1 Å². The van der Waals surface area contributed by atoms with E-state index in [-0.39, 0.29) is 12.4 Å². The number of halogens is 1. The van der Waals surface area contributed by atoms with Crippen molar-refractivity contribution in [2.24, 2.45) is 0 Å². The molecule has 0 amide bonds. The van der Waals surface area contributed by atoms with E-state index in [1.807, 2.05) is 0 Å². The molecule has 1 aromatic carbocycles. The van der Waals surface area contributed by atoms with Gasteiger partial charge in [-0.3, -0.25) is 0 Å². The third kappa shape index (κ3) is 2.64. The van der Waals surface area contributed by atoms with Crippen LogP contribution in [0.1, 0.15) is 27.6 Å². The van der Waals surface area contributed by atoms with Gasteiger partial charge in [0.2, 0.25) is 5.76 Å². The highest BCUT2D eigenvalue weighted by molar-refractivity contribution is 6.31. The molecule has 3 rings (SSSR count). The molecule has 0 aliphatic rings. The first-order chi connectivity index (χ1) is 10.0. The summed E-state index contributed by atoms with van der Waals surface area (Å²) < 4.78 is 15.7. The molecule has 3 aromatic rings. The van der Waals surface area contributed by atoms with E-state index in [2.05, 4.69) is 5.16 Å². The Kier molecular flexibility index (Phi) is 3.43. The number of rotatable bonds is 3. The van der Waals surface area contributed by atoms with Crippen LogP contribution in [0.15, 0.2) is 33.2 Å². The molecular weight excluding hydrogens is 294 g/mol. The van der Waals surface area contributed by atoms with E-state index >= 15 is 0 Å². The molecular formula is C15H12ClNO4. The summed E-state index contributed by atoms with van der Waals surface area (Å²) in [6.07, 6.45) is 0. The molecule has 0 saturated carbocycles. The zero-order valence-corrected chi connectivity index (χ0v) is 12.2. The van der Waals surface area contributed by atoms with E-state index in [9.17, 15) is 4.79 Å². The predicted molar refractivity (Wildman–Crippen MR) is 76.3 cm³/mol. The van der Waals surface area contributed by atoms with Crippen molar-refractivity contribution in [1.29, 1.82) is 0 Å². The number of ether oxygens (including phenoxy) is 1. The third-order valence-electron chi connectivity index (χ3n) is 3.21. The van der Waals surface area contributed by atoms with Crippen molar-refractivity contribution in [2.45, 2.75) is 20.5 Å². The Labute approximate surface area is 125 Å². The van der Waals surface area contributed by atoms with E-state index in [0.717, 1.165) is 10.9 Å². The van der Waals surface area contributed by atoms with Crippen molar-refractivity contribution in [3.63, 3.8) is 0 Å². The lowest BCUT2D eigenvalue weighted by Crippen LogP contribution is -2.04. The SMILES string of the molecule is Cc1noc(C)c1COC(=O)c1cc2cc(Cl)ccc2o1. The van der Waals surface area contributed by atoms with Crippen LogP contribution in [0.3, 0.4) is 0 Å². The number of nitrogens with zero attached hydrogens (tertiary/aromatic N) is 1. The van der Waals surface area contributed by atoms with Crippen molar-refractivity contribution in [3.8, 4) is 0 Å². The van der Waals surface area contributed by atoms with Crippen LogP contribution in [0.2, 0.25) is 5.02 Å². The van der Waals surface area contributed by atoms with Gasteiger partial charge in [0.05, 0.1) is 11.3 Å². The number of aryl methyl sites for hydroxylation is 2. The lowest BCUT2D eigenvalue weighted by molar-refractivity contribution is 0.0437.